The molecule has 5 nitrogen and oxygen atoms in total. The number of hydrogen-bond donors (Lipinski definition) is 1. The van der Waals surface area contributed by atoms with Crippen LogP contribution in [0, 0.1) is 5.92 Å². The highest BCUT2D eigenvalue weighted by atomic mass is 32.2. The van der Waals surface area contributed by atoms with Crippen molar-refractivity contribution in [2.24, 2.45) is 5.92 Å². The number of amides is 2. The molecule has 2 amide bonds. The zero-order chi connectivity index (χ0) is 21.5. The van der Waals surface area contributed by atoms with Crippen molar-refractivity contribution in [1.82, 2.24) is 9.80 Å². The Morgan fingerprint density at radius 3 is 2.33 bits per heavy atom. The average molecular weight is 431 g/mol. The molecular formula is C24H36N3O2S+. The fourth-order valence-electron chi connectivity index (χ4n) is 4.47. The highest BCUT2D eigenvalue weighted by Gasteiger charge is 2.39. The number of rotatable bonds is 5. The van der Waals surface area contributed by atoms with Crippen molar-refractivity contribution in [2.75, 3.05) is 39.3 Å². The number of nitrogens with one attached hydrogen (secondary N) is 1. The van der Waals surface area contributed by atoms with E-state index in [4.69, 9.17) is 0 Å². The summed E-state index contributed by atoms with van der Waals surface area (Å²) in [6.07, 6.45) is 2.16. The van der Waals surface area contributed by atoms with Gasteiger partial charge in [0.1, 0.15) is 5.37 Å². The lowest BCUT2D eigenvalue weighted by molar-refractivity contribution is -0.903. The number of benzene rings is 1. The Kier molecular flexibility index (Phi) is 6.18. The van der Waals surface area contributed by atoms with Crippen molar-refractivity contribution in [1.29, 1.82) is 0 Å². The molecule has 6 heteroatoms. The number of carbonyl (C=O) groups excluding carboxylic acids is 2. The molecule has 2 aliphatic heterocycles. The standard InChI is InChI=1S/C24H35N3O2S/c1-17-21(28)27(23(30-17)19-7-9-20(10-8-19)24(2,3)4)16-13-25-11-14-26(15-12-25)22(29)18-5-6-18/h7-10,17-18,23H,5-6,11-16H2,1-4H3/p+1/t17-,23+/m1/s1. The van der Waals surface area contributed by atoms with Crippen LogP contribution in [0.5, 0.6) is 0 Å². The van der Waals surface area contributed by atoms with Crippen molar-refractivity contribution < 1.29 is 14.5 Å². The second kappa shape index (κ2) is 8.54. The van der Waals surface area contributed by atoms with E-state index in [0.29, 0.717) is 11.8 Å². The molecule has 0 radical (unpaired) electrons. The molecular weight excluding hydrogens is 394 g/mol. The Morgan fingerprint density at radius 1 is 1.13 bits per heavy atom. The molecule has 1 saturated carbocycles. The van der Waals surface area contributed by atoms with Crippen molar-refractivity contribution in [3.05, 3.63) is 35.4 Å². The molecule has 3 aliphatic rings. The highest BCUT2D eigenvalue weighted by molar-refractivity contribution is 8.01. The van der Waals surface area contributed by atoms with Crippen molar-refractivity contribution in [3.63, 3.8) is 0 Å². The van der Waals surface area contributed by atoms with Gasteiger partial charge in [-0.2, -0.15) is 0 Å². The third-order valence-corrected chi connectivity index (χ3v) is 8.12. The molecule has 2 heterocycles. The first-order valence-electron chi connectivity index (χ1n) is 11.4. The fourth-order valence-corrected chi connectivity index (χ4v) is 5.78. The first-order valence-corrected chi connectivity index (χ1v) is 12.4. The van der Waals surface area contributed by atoms with Crippen LogP contribution in [0.1, 0.15) is 57.0 Å². The Morgan fingerprint density at radius 2 is 1.77 bits per heavy atom. The van der Waals surface area contributed by atoms with Gasteiger partial charge < -0.3 is 14.7 Å². The smallest absolute Gasteiger partial charge is 0.236 e. The van der Waals surface area contributed by atoms with Gasteiger partial charge in [0.25, 0.3) is 0 Å². The van der Waals surface area contributed by atoms with Gasteiger partial charge >= 0.3 is 0 Å². The predicted octanol–water partition coefficient (Wildman–Crippen LogP) is 2.08. The van der Waals surface area contributed by atoms with Crippen LogP contribution in [-0.4, -0.2) is 66.1 Å². The first-order chi connectivity index (χ1) is 14.2. The van der Waals surface area contributed by atoms with E-state index in [1.54, 1.807) is 11.8 Å². The molecule has 0 spiro atoms. The maximum atomic E-state index is 12.9. The van der Waals surface area contributed by atoms with Crippen LogP contribution in [0.15, 0.2) is 24.3 Å². The van der Waals surface area contributed by atoms with E-state index < -0.39 is 0 Å². The summed E-state index contributed by atoms with van der Waals surface area (Å²) in [5.74, 6) is 0.942. The van der Waals surface area contributed by atoms with Crippen LogP contribution >= 0.6 is 11.8 Å². The quantitative estimate of drug-likeness (QED) is 0.778. The van der Waals surface area contributed by atoms with Crippen molar-refractivity contribution in [3.8, 4) is 0 Å². The van der Waals surface area contributed by atoms with E-state index in [0.717, 1.165) is 52.1 Å². The normalized spacial score (nSPS) is 25.8. The van der Waals surface area contributed by atoms with E-state index in [9.17, 15) is 9.59 Å². The lowest BCUT2D eigenvalue weighted by atomic mass is 9.86. The van der Waals surface area contributed by atoms with Gasteiger partial charge in [0.05, 0.1) is 44.5 Å². The summed E-state index contributed by atoms with van der Waals surface area (Å²) < 4.78 is 0. The Labute approximate surface area is 185 Å². The predicted molar refractivity (Wildman–Crippen MR) is 122 cm³/mol. The van der Waals surface area contributed by atoms with Crippen LogP contribution in [0.25, 0.3) is 0 Å². The molecule has 1 N–H and O–H groups in total. The van der Waals surface area contributed by atoms with Crippen molar-refractivity contribution >= 4 is 23.6 Å². The van der Waals surface area contributed by atoms with Crippen LogP contribution in [-0.2, 0) is 15.0 Å². The molecule has 2 saturated heterocycles. The van der Waals surface area contributed by atoms with Gasteiger partial charge in [-0.15, -0.1) is 11.8 Å². The Balaban J connectivity index is 1.35. The maximum Gasteiger partial charge on any atom is 0.236 e. The van der Waals surface area contributed by atoms with Gasteiger partial charge in [-0.1, -0.05) is 45.0 Å². The van der Waals surface area contributed by atoms with E-state index >= 15 is 0 Å². The summed E-state index contributed by atoms with van der Waals surface area (Å²) in [4.78, 5) is 30.8. The second-order valence-corrected chi connectivity index (χ2v) is 11.6. The number of thioether (sulfide) groups is 1. The van der Waals surface area contributed by atoms with Crippen molar-refractivity contribution in [2.45, 2.75) is 56.6 Å². The summed E-state index contributed by atoms with van der Waals surface area (Å²) in [6.45, 7) is 14.2. The monoisotopic (exact) mass is 430 g/mol. The van der Waals surface area contributed by atoms with Gasteiger partial charge in [-0.05, 0) is 36.3 Å². The Hall–Kier alpha value is -1.53. The number of hydrogen-bond acceptors (Lipinski definition) is 3. The third-order valence-electron chi connectivity index (χ3n) is 6.72. The van der Waals surface area contributed by atoms with Crippen LogP contribution in [0.2, 0.25) is 0 Å². The first kappa shape index (κ1) is 21.7. The van der Waals surface area contributed by atoms with Gasteiger partial charge in [0.2, 0.25) is 11.8 Å². The molecule has 4 rings (SSSR count). The molecule has 0 bridgehead atoms. The zero-order valence-corrected chi connectivity index (χ0v) is 19.6. The summed E-state index contributed by atoms with van der Waals surface area (Å²) in [5.41, 5.74) is 2.68. The molecule has 0 unspecified atom stereocenters. The van der Waals surface area contributed by atoms with Gasteiger partial charge in [0.15, 0.2) is 0 Å². The molecule has 1 aromatic rings. The van der Waals surface area contributed by atoms with E-state index in [1.165, 1.54) is 16.0 Å². The van der Waals surface area contributed by atoms with Crippen LogP contribution in [0.3, 0.4) is 0 Å². The summed E-state index contributed by atoms with van der Waals surface area (Å²) in [5, 5.41) is 0.124. The second-order valence-electron chi connectivity index (χ2n) is 10.1. The lowest BCUT2D eigenvalue weighted by Crippen LogP contribution is -3.15. The number of nitrogens with zero attached hydrogens (tertiary/aromatic N) is 2. The van der Waals surface area contributed by atoms with Gasteiger partial charge in [-0.3, -0.25) is 9.59 Å². The lowest BCUT2D eigenvalue weighted by Gasteiger charge is -2.34. The van der Waals surface area contributed by atoms with Crippen LogP contribution < -0.4 is 4.90 Å². The summed E-state index contributed by atoms with van der Waals surface area (Å²) >= 11 is 1.76. The van der Waals surface area contributed by atoms with E-state index in [-0.39, 0.29) is 21.9 Å². The van der Waals surface area contributed by atoms with Gasteiger partial charge in [-0.25, -0.2) is 0 Å². The topological polar surface area (TPSA) is 45.1 Å². The SMILES string of the molecule is C[C@H]1S[C@@H](c2ccc(C(C)(C)C)cc2)N(CC[NH+]2CCN(C(=O)C3CC3)CC2)C1=O. The average Bonchev–Trinajstić information content (AvgIpc) is 3.53. The summed E-state index contributed by atoms with van der Waals surface area (Å²) in [6, 6.07) is 8.82. The molecule has 1 aliphatic carbocycles. The van der Waals surface area contributed by atoms with E-state index in [1.807, 2.05) is 6.92 Å². The summed E-state index contributed by atoms with van der Waals surface area (Å²) in [7, 11) is 0. The molecule has 2 atom stereocenters. The minimum absolute atomic E-state index is 0.0142. The number of piperazine rings is 1. The van der Waals surface area contributed by atoms with E-state index in [2.05, 4.69) is 54.8 Å². The molecule has 0 aromatic heterocycles. The van der Waals surface area contributed by atoms with Crippen LogP contribution in [0.4, 0.5) is 0 Å². The third kappa shape index (κ3) is 4.70. The van der Waals surface area contributed by atoms with Gasteiger partial charge in [0, 0.05) is 5.92 Å². The minimum Gasteiger partial charge on any atom is -0.331 e. The number of carbonyl (C=O) groups is 2. The molecule has 3 fully saturated rings. The zero-order valence-electron chi connectivity index (χ0n) is 18.8. The maximum absolute atomic E-state index is 12.9. The number of quaternary nitrogens is 1. The Bertz CT molecular complexity index is 777. The molecule has 1 aromatic carbocycles. The minimum atomic E-state index is 0.0142. The fraction of sp³-hybridized carbons (Fsp3) is 0.667. The largest absolute Gasteiger partial charge is 0.331 e. The molecule has 30 heavy (non-hydrogen) atoms. The molecule has 164 valence electrons. The highest BCUT2D eigenvalue weighted by Crippen LogP contribution is 2.42.